The Morgan fingerprint density at radius 3 is 2.59 bits per heavy atom. The number of nitrogens with one attached hydrogen (secondary N) is 1. The summed E-state index contributed by atoms with van der Waals surface area (Å²) in [5.74, 6) is -0.673. The number of tetrazole rings is 1. The predicted octanol–water partition coefficient (Wildman–Crippen LogP) is 4.11. The van der Waals surface area contributed by atoms with Crippen LogP contribution in [0.25, 0.3) is 5.69 Å². The Hall–Kier alpha value is -2.45. The Kier molecular flexibility index (Phi) is 5.76. The van der Waals surface area contributed by atoms with Gasteiger partial charge in [-0.15, -0.1) is 5.10 Å². The van der Waals surface area contributed by atoms with Gasteiger partial charge in [0, 0.05) is 0 Å². The van der Waals surface area contributed by atoms with Gasteiger partial charge in [-0.25, -0.2) is 4.39 Å². The molecule has 9 heteroatoms. The number of carbonyl (C=O) groups is 1. The molecule has 3 rings (SSSR count). The van der Waals surface area contributed by atoms with Gasteiger partial charge in [0.05, 0.1) is 22.2 Å². The van der Waals surface area contributed by atoms with Crippen LogP contribution in [0.3, 0.4) is 0 Å². The highest BCUT2D eigenvalue weighted by Crippen LogP contribution is 2.26. The molecule has 3 aromatic rings. The van der Waals surface area contributed by atoms with Crippen molar-refractivity contribution in [3.63, 3.8) is 0 Å². The minimum Gasteiger partial charge on any atom is -0.324 e. The molecular formula is C18H17ClFN5OS. The van der Waals surface area contributed by atoms with E-state index in [0.717, 1.165) is 28.4 Å². The number of rotatable bonds is 5. The van der Waals surface area contributed by atoms with Crippen molar-refractivity contribution < 1.29 is 9.18 Å². The summed E-state index contributed by atoms with van der Waals surface area (Å²) in [7, 11) is 0. The molecule has 0 unspecified atom stereocenters. The van der Waals surface area contributed by atoms with Crippen LogP contribution in [0.2, 0.25) is 5.02 Å². The number of anilines is 1. The third-order valence-electron chi connectivity index (χ3n) is 3.83. The summed E-state index contributed by atoms with van der Waals surface area (Å²) in [6.45, 7) is 6.02. The largest absolute Gasteiger partial charge is 0.324 e. The Morgan fingerprint density at radius 1 is 1.22 bits per heavy atom. The second kappa shape index (κ2) is 8.06. The van der Waals surface area contributed by atoms with Gasteiger partial charge in [-0.2, -0.15) is 4.68 Å². The van der Waals surface area contributed by atoms with Crippen molar-refractivity contribution >= 4 is 35.0 Å². The summed E-state index contributed by atoms with van der Waals surface area (Å²) in [5.41, 5.74) is 4.50. The topological polar surface area (TPSA) is 72.7 Å². The van der Waals surface area contributed by atoms with Crippen molar-refractivity contribution in [2.75, 3.05) is 11.1 Å². The van der Waals surface area contributed by atoms with Gasteiger partial charge < -0.3 is 5.32 Å². The molecule has 0 fully saturated rings. The molecule has 0 aliphatic carbocycles. The number of halogens is 2. The Bertz CT molecular complexity index is 984. The van der Waals surface area contributed by atoms with Crippen LogP contribution >= 0.6 is 23.4 Å². The normalized spacial score (nSPS) is 10.9. The number of carbonyl (C=O) groups excluding carboxylic acids is 1. The summed E-state index contributed by atoms with van der Waals surface area (Å²) in [4.78, 5) is 12.2. The quantitative estimate of drug-likeness (QED) is 0.646. The number of benzene rings is 2. The van der Waals surface area contributed by atoms with Crippen molar-refractivity contribution in [3.8, 4) is 5.69 Å². The van der Waals surface area contributed by atoms with Crippen molar-refractivity contribution in [1.82, 2.24) is 20.2 Å². The number of hydrogen-bond acceptors (Lipinski definition) is 5. The maximum atomic E-state index is 13.1. The van der Waals surface area contributed by atoms with Crippen molar-refractivity contribution in [1.29, 1.82) is 0 Å². The molecule has 27 heavy (non-hydrogen) atoms. The molecule has 0 aliphatic rings. The lowest BCUT2D eigenvalue weighted by atomic mass is 10.1. The van der Waals surface area contributed by atoms with E-state index in [0.29, 0.717) is 10.8 Å². The summed E-state index contributed by atoms with van der Waals surface area (Å²) >= 11 is 7.13. The van der Waals surface area contributed by atoms with E-state index in [1.807, 2.05) is 20.8 Å². The van der Waals surface area contributed by atoms with Crippen molar-refractivity contribution in [2.24, 2.45) is 0 Å². The zero-order chi connectivity index (χ0) is 19.6. The summed E-state index contributed by atoms with van der Waals surface area (Å²) in [5, 5.41) is 15.1. The summed E-state index contributed by atoms with van der Waals surface area (Å²) < 4.78 is 14.7. The maximum absolute atomic E-state index is 13.1. The number of nitrogens with zero attached hydrogens (tertiary/aromatic N) is 4. The molecule has 0 spiro atoms. The van der Waals surface area contributed by atoms with Crippen LogP contribution in [0.15, 0.2) is 35.5 Å². The Labute approximate surface area is 165 Å². The van der Waals surface area contributed by atoms with Gasteiger partial charge in [-0.05, 0) is 60.5 Å². The van der Waals surface area contributed by atoms with Crippen LogP contribution in [0.1, 0.15) is 16.7 Å². The second-order valence-electron chi connectivity index (χ2n) is 6.08. The first-order chi connectivity index (χ1) is 12.8. The first kappa shape index (κ1) is 19.3. The maximum Gasteiger partial charge on any atom is 0.234 e. The number of hydrogen-bond donors (Lipinski definition) is 1. The fourth-order valence-electron chi connectivity index (χ4n) is 2.82. The van der Waals surface area contributed by atoms with E-state index in [-0.39, 0.29) is 16.7 Å². The molecule has 1 N–H and O–H groups in total. The molecule has 1 heterocycles. The lowest BCUT2D eigenvalue weighted by Gasteiger charge is -2.12. The molecule has 0 aliphatic heterocycles. The average molecular weight is 406 g/mol. The average Bonchev–Trinajstić information content (AvgIpc) is 3.03. The van der Waals surface area contributed by atoms with Gasteiger partial charge >= 0.3 is 0 Å². The molecule has 1 aromatic heterocycles. The van der Waals surface area contributed by atoms with Gasteiger partial charge in [0.2, 0.25) is 11.1 Å². The van der Waals surface area contributed by atoms with E-state index in [1.165, 1.54) is 23.9 Å². The zero-order valence-corrected chi connectivity index (χ0v) is 16.5. The van der Waals surface area contributed by atoms with E-state index >= 15 is 0 Å². The fraction of sp³-hybridized carbons (Fsp3) is 0.222. The van der Waals surface area contributed by atoms with Crippen LogP contribution < -0.4 is 5.32 Å². The SMILES string of the molecule is Cc1cc(C)c(-n2nnnc2SCC(=O)Nc2ccc(F)cc2Cl)c(C)c1. The highest BCUT2D eigenvalue weighted by atomic mass is 35.5. The van der Waals surface area contributed by atoms with E-state index in [4.69, 9.17) is 11.6 Å². The van der Waals surface area contributed by atoms with Crippen LogP contribution in [0, 0.1) is 26.6 Å². The molecule has 0 radical (unpaired) electrons. The first-order valence-electron chi connectivity index (χ1n) is 8.09. The molecular weight excluding hydrogens is 389 g/mol. The molecule has 140 valence electrons. The molecule has 0 atom stereocenters. The highest BCUT2D eigenvalue weighted by Gasteiger charge is 2.16. The number of thioether (sulfide) groups is 1. The van der Waals surface area contributed by atoms with Gasteiger partial charge in [-0.1, -0.05) is 41.1 Å². The van der Waals surface area contributed by atoms with E-state index in [2.05, 4.69) is 33.0 Å². The first-order valence-corrected chi connectivity index (χ1v) is 9.46. The van der Waals surface area contributed by atoms with Crippen molar-refractivity contribution in [3.05, 3.63) is 57.9 Å². The summed E-state index contributed by atoms with van der Waals surface area (Å²) in [6.07, 6.45) is 0. The van der Waals surface area contributed by atoms with Gasteiger partial charge in [0.1, 0.15) is 5.82 Å². The van der Waals surface area contributed by atoms with Crippen LogP contribution in [0.4, 0.5) is 10.1 Å². The van der Waals surface area contributed by atoms with Crippen LogP contribution in [-0.4, -0.2) is 31.9 Å². The number of aromatic nitrogens is 4. The smallest absolute Gasteiger partial charge is 0.234 e. The molecule has 1 amide bonds. The Morgan fingerprint density at radius 2 is 1.93 bits per heavy atom. The van der Waals surface area contributed by atoms with Crippen molar-refractivity contribution in [2.45, 2.75) is 25.9 Å². The van der Waals surface area contributed by atoms with Crippen LogP contribution in [0.5, 0.6) is 0 Å². The molecule has 0 saturated heterocycles. The highest BCUT2D eigenvalue weighted by molar-refractivity contribution is 7.99. The minimum atomic E-state index is -0.463. The van der Waals surface area contributed by atoms with E-state index in [1.54, 1.807) is 4.68 Å². The molecule has 0 bridgehead atoms. The zero-order valence-electron chi connectivity index (χ0n) is 15.0. The molecule has 2 aromatic carbocycles. The van der Waals surface area contributed by atoms with Gasteiger partial charge in [0.15, 0.2) is 0 Å². The monoisotopic (exact) mass is 405 g/mol. The lowest BCUT2D eigenvalue weighted by molar-refractivity contribution is -0.113. The van der Waals surface area contributed by atoms with Gasteiger partial charge in [-0.3, -0.25) is 4.79 Å². The summed E-state index contributed by atoms with van der Waals surface area (Å²) in [6, 6.07) is 7.92. The fourth-order valence-corrected chi connectivity index (χ4v) is 3.71. The number of amides is 1. The van der Waals surface area contributed by atoms with Gasteiger partial charge in [0.25, 0.3) is 0 Å². The predicted molar refractivity (Wildman–Crippen MR) is 104 cm³/mol. The third-order valence-corrected chi connectivity index (χ3v) is 5.06. The second-order valence-corrected chi connectivity index (χ2v) is 7.43. The van der Waals surface area contributed by atoms with Crippen LogP contribution in [-0.2, 0) is 4.79 Å². The minimum absolute atomic E-state index is 0.0814. The molecule has 0 saturated carbocycles. The third kappa shape index (κ3) is 4.45. The Balaban J connectivity index is 1.73. The van der Waals surface area contributed by atoms with E-state index < -0.39 is 5.82 Å². The lowest BCUT2D eigenvalue weighted by Crippen LogP contribution is -2.15. The number of aryl methyl sites for hydroxylation is 3. The van der Waals surface area contributed by atoms with E-state index in [9.17, 15) is 9.18 Å². The molecule has 6 nitrogen and oxygen atoms in total. The standard InChI is InChI=1S/C18H17ClFN5OS/c1-10-6-11(2)17(12(3)7-10)25-18(22-23-24-25)27-9-16(26)21-15-5-4-13(20)8-14(15)19/h4-8H,9H2,1-3H3,(H,21,26).